The van der Waals surface area contributed by atoms with Gasteiger partial charge in [-0.2, -0.15) is 0 Å². The smallest absolute Gasteiger partial charge is 0 e. The van der Waals surface area contributed by atoms with E-state index < -0.39 is 0 Å². The molecular weight excluding hydrogens is 258 g/mol. The summed E-state index contributed by atoms with van der Waals surface area (Å²) >= 11 is 6.66. The van der Waals surface area contributed by atoms with Gasteiger partial charge in [0, 0.05) is 21.1 Å². The molecule has 0 N–H and O–H groups in total. The minimum atomic E-state index is 0. The standard InChI is InChI=1S/C7H15NS2.Mo/c1-3-5-8-7(9)10-6-4-2;/h3-6H2,1-2H3,(H,8,9);/p-1. The van der Waals surface area contributed by atoms with E-state index in [2.05, 4.69) is 19.2 Å². The van der Waals surface area contributed by atoms with Gasteiger partial charge >= 0.3 is 0 Å². The third-order valence-corrected chi connectivity index (χ3v) is 2.37. The summed E-state index contributed by atoms with van der Waals surface area (Å²) in [6, 6.07) is 0. The quantitative estimate of drug-likeness (QED) is 0.576. The number of nitrogens with zero attached hydrogens (tertiary/aromatic N) is 1. The van der Waals surface area contributed by atoms with Crippen molar-refractivity contribution in [3.63, 3.8) is 0 Å². The van der Waals surface area contributed by atoms with Crippen molar-refractivity contribution >= 4 is 28.3 Å². The van der Waals surface area contributed by atoms with Crippen LogP contribution >= 0.6 is 24.0 Å². The zero-order valence-corrected chi connectivity index (χ0v) is 10.6. The van der Waals surface area contributed by atoms with Crippen LogP contribution in [0.3, 0.4) is 0 Å². The van der Waals surface area contributed by atoms with Crippen LogP contribution in [0.15, 0.2) is 0 Å². The molecule has 0 amide bonds. The molecule has 66 valence electrons. The van der Waals surface area contributed by atoms with Gasteiger partial charge in [-0.25, -0.2) is 0 Å². The van der Waals surface area contributed by atoms with Gasteiger partial charge in [0.15, 0.2) is 0 Å². The molecule has 0 aliphatic carbocycles. The Kier molecular flexibility index (Phi) is 14.4. The molecule has 0 radical (unpaired) electrons. The maximum absolute atomic E-state index is 4.98. The molecule has 0 saturated heterocycles. The third-order valence-electron chi connectivity index (χ3n) is 0.894. The number of hydrogen-bond donors (Lipinski definition) is 0. The molecule has 0 aliphatic rings. The first-order valence-electron chi connectivity index (χ1n) is 3.65. The molecule has 4 heteroatoms. The zero-order chi connectivity index (χ0) is 7.82. The second-order valence-corrected chi connectivity index (χ2v) is 3.72. The predicted octanol–water partition coefficient (Wildman–Crippen LogP) is 3.20. The molecule has 0 rings (SSSR count). The summed E-state index contributed by atoms with van der Waals surface area (Å²) in [5.74, 6) is 1.10. The van der Waals surface area contributed by atoms with E-state index >= 15 is 0 Å². The second-order valence-electron chi connectivity index (χ2n) is 2.00. The third kappa shape index (κ3) is 10.9. The van der Waals surface area contributed by atoms with Gasteiger partial charge in [0.25, 0.3) is 0 Å². The Labute approximate surface area is 93.3 Å². The maximum Gasteiger partial charge on any atom is 0 e. The fourth-order valence-electron chi connectivity index (χ4n) is 0.438. The topological polar surface area (TPSA) is 14.1 Å². The van der Waals surface area contributed by atoms with Crippen LogP contribution in [0.4, 0.5) is 0 Å². The Morgan fingerprint density at radius 2 is 2.00 bits per heavy atom. The Hall–Kier alpha value is 0.928. The van der Waals surface area contributed by atoms with Crippen LogP contribution < -0.4 is 0 Å². The number of hydrogen-bond acceptors (Lipinski definition) is 2. The van der Waals surface area contributed by atoms with Crippen LogP contribution in [0.2, 0.25) is 0 Å². The molecule has 0 bridgehead atoms. The first-order chi connectivity index (χ1) is 4.81. The van der Waals surface area contributed by atoms with Crippen molar-refractivity contribution in [3.05, 3.63) is 5.32 Å². The Morgan fingerprint density at radius 1 is 1.36 bits per heavy atom. The van der Waals surface area contributed by atoms with E-state index in [1.165, 1.54) is 6.42 Å². The van der Waals surface area contributed by atoms with E-state index in [1.54, 1.807) is 11.8 Å². The molecule has 0 aromatic carbocycles. The summed E-state index contributed by atoms with van der Waals surface area (Å²) in [7, 11) is 0. The summed E-state index contributed by atoms with van der Waals surface area (Å²) in [4.78, 5) is 0. The molecular formula is C7H14MoNS2-. The largest absolute Gasteiger partial charge is 0.669 e. The molecule has 0 aromatic heterocycles. The van der Waals surface area contributed by atoms with Crippen molar-refractivity contribution in [2.75, 3.05) is 12.3 Å². The molecule has 0 atom stereocenters. The number of rotatable bonds is 4. The van der Waals surface area contributed by atoms with Crippen molar-refractivity contribution in [3.8, 4) is 0 Å². The summed E-state index contributed by atoms with van der Waals surface area (Å²) in [6.07, 6.45) is 2.26. The van der Waals surface area contributed by atoms with E-state index in [9.17, 15) is 0 Å². The molecule has 0 spiro atoms. The molecule has 0 saturated carbocycles. The van der Waals surface area contributed by atoms with E-state index in [1.807, 2.05) is 0 Å². The van der Waals surface area contributed by atoms with Gasteiger partial charge < -0.3 is 5.32 Å². The fourth-order valence-corrected chi connectivity index (χ4v) is 1.34. The van der Waals surface area contributed by atoms with Crippen molar-refractivity contribution in [2.45, 2.75) is 26.7 Å². The molecule has 0 fully saturated rings. The van der Waals surface area contributed by atoms with Gasteiger partial charge in [-0.15, -0.1) is 18.3 Å². The van der Waals surface area contributed by atoms with E-state index in [0.717, 1.165) is 23.0 Å². The summed E-state index contributed by atoms with van der Waals surface area (Å²) in [5, 5.41) is 4.17. The minimum Gasteiger partial charge on any atom is -0.669 e. The fraction of sp³-hybridized carbons (Fsp3) is 0.857. The zero-order valence-electron chi connectivity index (χ0n) is 7.00. The van der Waals surface area contributed by atoms with Gasteiger partial charge in [-0.3, -0.25) is 0 Å². The molecule has 1 nitrogen and oxygen atoms in total. The molecule has 11 heavy (non-hydrogen) atoms. The first-order valence-corrected chi connectivity index (χ1v) is 5.04. The first kappa shape index (κ1) is 14.5. The normalized spacial score (nSPS) is 8.55. The Balaban J connectivity index is 0. The van der Waals surface area contributed by atoms with E-state index in [-0.39, 0.29) is 21.1 Å². The average molecular weight is 272 g/mol. The monoisotopic (exact) mass is 274 g/mol. The van der Waals surface area contributed by atoms with Gasteiger partial charge in [0.2, 0.25) is 0 Å². The SMILES string of the molecule is CCC[N-]C(=S)SCCC.[Mo]. The number of thioether (sulfide) groups is 1. The van der Waals surface area contributed by atoms with Crippen molar-refractivity contribution in [2.24, 2.45) is 0 Å². The maximum atomic E-state index is 4.98. The van der Waals surface area contributed by atoms with Gasteiger partial charge in [-0.05, 0) is 16.5 Å². The van der Waals surface area contributed by atoms with Crippen molar-refractivity contribution < 1.29 is 21.1 Å². The Morgan fingerprint density at radius 3 is 2.45 bits per heavy atom. The number of thiocarbonyl (C=S) groups is 1. The summed E-state index contributed by atoms with van der Waals surface area (Å²) < 4.78 is 0.823. The van der Waals surface area contributed by atoms with Gasteiger partial charge in [0.05, 0.1) is 0 Å². The molecule has 0 unspecified atom stereocenters. The van der Waals surface area contributed by atoms with Crippen molar-refractivity contribution in [1.29, 1.82) is 0 Å². The second kappa shape index (κ2) is 10.9. The average Bonchev–Trinajstić information content (AvgIpc) is 1.97. The van der Waals surface area contributed by atoms with Crippen LogP contribution in [-0.4, -0.2) is 16.6 Å². The van der Waals surface area contributed by atoms with Gasteiger partial charge in [-0.1, -0.05) is 32.5 Å². The van der Waals surface area contributed by atoms with Crippen LogP contribution in [0.5, 0.6) is 0 Å². The molecule has 0 aliphatic heterocycles. The Bertz CT molecular complexity index is 88.4. The van der Waals surface area contributed by atoms with Crippen LogP contribution in [0.1, 0.15) is 26.7 Å². The summed E-state index contributed by atoms with van der Waals surface area (Å²) in [5.41, 5.74) is 0. The van der Waals surface area contributed by atoms with Gasteiger partial charge in [0.1, 0.15) is 0 Å². The summed E-state index contributed by atoms with van der Waals surface area (Å²) in [6.45, 7) is 5.14. The minimum absolute atomic E-state index is 0. The molecule has 0 aromatic rings. The van der Waals surface area contributed by atoms with Crippen molar-refractivity contribution in [1.82, 2.24) is 0 Å². The van der Waals surface area contributed by atoms with E-state index in [4.69, 9.17) is 12.2 Å². The predicted molar refractivity (Wildman–Crippen MR) is 53.9 cm³/mol. The van der Waals surface area contributed by atoms with E-state index in [0.29, 0.717) is 0 Å². The van der Waals surface area contributed by atoms with Crippen LogP contribution in [-0.2, 0) is 21.1 Å². The van der Waals surface area contributed by atoms with Crippen LogP contribution in [0, 0.1) is 0 Å². The molecule has 0 heterocycles. The van der Waals surface area contributed by atoms with Crippen LogP contribution in [0.25, 0.3) is 5.32 Å².